The van der Waals surface area contributed by atoms with Crippen molar-refractivity contribution in [1.29, 1.82) is 0 Å². The molecule has 0 bridgehead atoms. The molecule has 0 saturated carbocycles. The number of carbonyl (C=O) groups is 1. The maximum absolute atomic E-state index is 11.1. The molecule has 1 amide bonds. The number of hydrogen-bond acceptors (Lipinski definition) is 4. The third-order valence-electron chi connectivity index (χ3n) is 5.38. The molecule has 28 heavy (non-hydrogen) atoms. The van der Waals surface area contributed by atoms with Gasteiger partial charge in [-0.2, -0.15) is 5.10 Å². The second-order valence-electron chi connectivity index (χ2n) is 7.21. The molecule has 6 nitrogen and oxygen atoms in total. The average Bonchev–Trinajstić information content (AvgIpc) is 3.05. The van der Waals surface area contributed by atoms with Crippen LogP contribution in [0.4, 0.5) is 0 Å². The van der Waals surface area contributed by atoms with Crippen LogP contribution in [0.5, 0.6) is 0 Å². The lowest BCUT2D eigenvalue weighted by Gasteiger charge is -2.29. The van der Waals surface area contributed by atoms with Crippen LogP contribution in [0.15, 0.2) is 48.7 Å². The summed E-state index contributed by atoms with van der Waals surface area (Å²) in [6.45, 7) is 5.05. The molecule has 0 saturated heterocycles. The first-order chi connectivity index (χ1) is 13.6. The van der Waals surface area contributed by atoms with Gasteiger partial charge in [0.2, 0.25) is 0 Å². The predicted octanol–water partition coefficient (Wildman–Crippen LogP) is 2.76. The van der Waals surface area contributed by atoms with E-state index in [-0.39, 0.29) is 0 Å². The Hall–Kier alpha value is -2.96. The zero-order chi connectivity index (χ0) is 19.5. The molecule has 0 aliphatic carbocycles. The number of aromatic nitrogens is 2. The van der Waals surface area contributed by atoms with Crippen molar-refractivity contribution < 1.29 is 10.0 Å². The molecule has 1 aliphatic heterocycles. The second kappa shape index (κ2) is 7.96. The van der Waals surface area contributed by atoms with Gasteiger partial charge in [0.15, 0.2) is 0 Å². The number of hydrogen-bond donors (Lipinski definition) is 2. The van der Waals surface area contributed by atoms with E-state index in [0.717, 1.165) is 43.7 Å². The van der Waals surface area contributed by atoms with Gasteiger partial charge in [-0.05, 0) is 54.7 Å². The number of fused-ring (bicyclic) bond motifs is 2. The number of hydroxylamine groups is 1. The molecular formula is C22H24N4O2. The fraction of sp³-hybridized carbons (Fsp3) is 0.273. The quantitative estimate of drug-likeness (QED) is 0.408. The van der Waals surface area contributed by atoms with E-state index in [1.807, 2.05) is 22.8 Å². The van der Waals surface area contributed by atoms with Gasteiger partial charge in [0.05, 0.1) is 11.2 Å². The van der Waals surface area contributed by atoms with Gasteiger partial charge in [-0.1, -0.05) is 24.3 Å². The zero-order valence-electron chi connectivity index (χ0n) is 15.9. The molecule has 3 heterocycles. The number of aryl methyl sites for hydroxylation is 1. The Kier molecular flexibility index (Phi) is 5.23. The molecule has 2 aromatic heterocycles. The molecule has 4 rings (SSSR count). The van der Waals surface area contributed by atoms with E-state index >= 15 is 0 Å². The molecule has 3 aromatic rings. The molecular weight excluding hydrogens is 352 g/mol. The molecule has 0 fully saturated rings. The smallest absolute Gasteiger partial charge is 0.267 e. The van der Waals surface area contributed by atoms with Crippen LogP contribution in [0, 0.1) is 6.92 Å². The minimum Gasteiger partial charge on any atom is -0.298 e. The Morgan fingerprint density at radius 2 is 2.18 bits per heavy atom. The topological polar surface area (TPSA) is 69.9 Å². The van der Waals surface area contributed by atoms with Crippen LogP contribution >= 0.6 is 0 Å². The maximum Gasteiger partial charge on any atom is 0.267 e. The third-order valence-corrected chi connectivity index (χ3v) is 5.38. The number of rotatable bonds is 5. The molecule has 144 valence electrons. The Morgan fingerprint density at radius 1 is 1.29 bits per heavy atom. The highest BCUT2D eigenvalue weighted by Crippen LogP contribution is 2.22. The first-order valence-corrected chi connectivity index (χ1v) is 9.53. The van der Waals surface area contributed by atoms with Gasteiger partial charge in [0, 0.05) is 37.5 Å². The van der Waals surface area contributed by atoms with Gasteiger partial charge >= 0.3 is 0 Å². The van der Waals surface area contributed by atoms with Crippen LogP contribution in [0.1, 0.15) is 27.9 Å². The number of nitrogens with one attached hydrogen (secondary N) is 1. The van der Waals surface area contributed by atoms with Crippen molar-refractivity contribution in [3.8, 4) is 0 Å². The van der Waals surface area contributed by atoms with Gasteiger partial charge in [-0.3, -0.25) is 14.9 Å². The average molecular weight is 376 g/mol. The summed E-state index contributed by atoms with van der Waals surface area (Å²) in [5, 5.41) is 13.2. The number of benzene rings is 1. The highest BCUT2D eigenvalue weighted by molar-refractivity contribution is 5.90. The molecule has 1 aromatic carbocycles. The molecule has 0 spiro atoms. The van der Waals surface area contributed by atoms with E-state index in [1.165, 1.54) is 28.3 Å². The highest BCUT2D eigenvalue weighted by Gasteiger charge is 2.17. The molecule has 6 heteroatoms. The van der Waals surface area contributed by atoms with Gasteiger partial charge in [-0.25, -0.2) is 10.00 Å². The van der Waals surface area contributed by atoms with Crippen molar-refractivity contribution in [2.24, 2.45) is 0 Å². The van der Waals surface area contributed by atoms with E-state index < -0.39 is 5.91 Å². The summed E-state index contributed by atoms with van der Waals surface area (Å²) in [4.78, 5) is 13.6. The summed E-state index contributed by atoms with van der Waals surface area (Å²) < 4.78 is 1.96. The summed E-state index contributed by atoms with van der Waals surface area (Å²) in [5.41, 5.74) is 8.87. The van der Waals surface area contributed by atoms with E-state index in [9.17, 15) is 4.79 Å². The van der Waals surface area contributed by atoms with Gasteiger partial charge < -0.3 is 0 Å². The largest absolute Gasteiger partial charge is 0.298 e. The van der Waals surface area contributed by atoms with Crippen molar-refractivity contribution in [3.05, 3.63) is 76.6 Å². The van der Waals surface area contributed by atoms with E-state index in [4.69, 9.17) is 5.21 Å². The molecule has 0 radical (unpaired) electrons. The van der Waals surface area contributed by atoms with E-state index in [0.29, 0.717) is 0 Å². The van der Waals surface area contributed by atoms with Crippen molar-refractivity contribution in [2.45, 2.75) is 26.3 Å². The lowest BCUT2D eigenvalue weighted by molar-refractivity contribution is -0.124. The fourth-order valence-electron chi connectivity index (χ4n) is 3.88. The molecule has 0 unspecified atom stereocenters. The fourth-order valence-corrected chi connectivity index (χ4v) is 3.88. The van der Waals surface area contributed by atoms with Crippen LogP contribution < -0.4 is 5.48 Å². The Labute approximate surface area is 164 Å². The van der Waals surface area contributed by atoms with E-state index in [2.05, 4.69) is 41.2 Å². The predicted molar refractivity (Wildman–Crippen MR) is 108 cm³/mol. The normalized spacial score (nSPS) is 14.5. The Morgan fingerprint density at radius 3 is 3.04 bits per heavy atom. The summed E-state index contributed by atoms with van der Waals surface area (Å²) in [6, 6.07) is 12.5. The maximum atomic E-state index is 11.1. The minimum absolute atomic E-state index is 0.521. The van der Waals surface area contributed by atoms with Gasteiger partial charge in [0.25, 0.3) is 5.91 Å². The van der Waals surface area contributed by atoms with Crippen molar-refractivity contribution >= 4 is 17.5 Å². The number of pyridine rings is 1. The minimum atomic E-state index is -0.521. The van der Waals surface area contributed by atoms with Gasteiger partial charge in [-0.15, -0.1) is 0 Å². The van der Waals surface area contributed by atoms with Crippen molar-refractivity contribution in [1.82, 2.24) is 20.0 Å². The van der Waals surface area contributed by atoms with Crippen molar-refractivity contribution in [3.63, 3.8) is 0 Å². The van der Waals surface area contributed by atoms with Crippen LogP contribution in [-0.2, 0) is 24.2 Å². The Bertz CT molecular complexity index is 1040. The van der Waals surface area contributed by atoms with Crippen LogP contribution in [0.25, 0.3) is 11.6 Å². The highest BCUT2D eigenvalue weighted by atomic mass is 16.5. The molecule has 0 atom stereocenters. The SMILES string of the molecule is Cc1nn2ccccc2c1CCN1CCc2cc(C=CC(=O)NO)ccc2C1. The van der Waals surface area contributed by atoms with Crippen molar-refractivity contribution in [2.75, 3.05) is 13.1 Å². The second-order valence-corrected chi connectivity index (χ2v) is 7.21. The lowest BCUT2D eigenvalue weighted by Crippen LogP contribution is -2.32. The van der Waals surface area contributed by atoms with Crippen LogP contribution in [-0.4, -0.2) is 38.7 Å². The summed E-state index contributed by atoms with van der Waals surface area (Å²) in [7, 11) is 0. The summed E-state index contributed by atoms with van der Waals surface area (Å²) in [6.07, 6.45) is 7.03. The monoisotopic (exact) mass is 376 g/mol. The van der Waals surface area contributed by atoms with Crippen LogP contribution in [0.3, 0.4) is 0 Å². The first kappa shape index (κ1) is 18.4. The molecule has 2 N–H and O–H groups in total. The summed E-state index contributed by atoms with van der Waals surface area (Å²) in [5.74, 6) is -0.521. The zero-order valence-corrected chi connectivity index (χ0v) is 15.9. The van der Waals surface area contributed by atoms with E-state index in [1.54, 1.807) is 11.6 Å². The first-order valence-electron chi connectivity index (χ1n) is 9.53. The van der Waals surface area contributed by atoms with Gasteiger partial charge in [0.1, 0.15) is 0 Å². The lowest BCUT2D eigenvalue weighted by atomic mass is 9.96. The van der Waals surface area contributed by atoms with Crippen LogP contribution in [0.2, 0.25) is 0 Å². The molecule has 1 aliphatic rings. The Balaban J connectivity index is 1.42. The standard InChI is InChI=1S/C22H24N4O2/c1-16-20(21-4-2-3-11-26(21)23-16)10-13-25-12-9-18-14-17(5-7-19(18)15-25)6-8-22(27)24-28/h2-8,11,14,28H,9-10,12-13,15H2,1H3,(H,24,27). The summed E-state index contributed by atoms with van der Waals surface area (Å²) >= 11 is 0. The number of carbonyl (C=O) groups excluding carboxylic acids is 1. The third kappa shape index (κ3) is 3.83. The number of amides is 1. The number of nitrogens with zero attached hydrogens (tertiary/aromatic N) is 3.